The van der Waals surface area contributed by atoms with Gasteiger partial charge in [-0.25, -0.2) is 0 Å². The third-order valence-corrected chi connectivity index (χ3v) is 3.48. The van der Waals surface area contributed by atoms with E-state index in [2.05, 4.69) is 36.5 Å². The number of nitrogens with one attached hydrogen (secondary N) is 1. The highest BCUT2D eigenvalue weighted by Crippen LogP contribution is 2.13. The average molecular weight is 269 g/mol. The van der Waals surface area contributed by atoms with Gasteiger partial charge in [0.2, 0.25) is 0 Å². The zero-order valence-electron chi connectivity index (χ0n) is 12.1. The number of aliphatic hydroxyl groups is 1. The van der Waals surface area contributed by atoms with Crippen molar-refractivity contribution in [3.05, 3.63) is 65.2 Å². The van der Waals surface area contributed by atoms with E-state index in [4.69, 9.17) is 5.11 Å². The lowest BCUT2D eigenvalue weighted by Crippen LogP contribution is -1.99. The minimum Gasteiger partial charge on any atom is -0.392 e. The van der Waals surface area contributed by atoms with Crippen molar-refractivity contribution in [2.45, 2.75) is 39.3 Å². The minimum atomic E-state index is 0.104. The lowest BCUT2D eigenvalue weighted by atomic mass is 10.1. The van der Waals surface area contributed by atoms with E-state index in [1.54, 1.807) is 0 Å². The van der Waals surface area contributed by atoms with Crippen LogP contribution in [0.4, 0.5) is 5.69 Å². The molecule has 0 spiro atoms. The van der Waals surface area contributed by atoms with Crippen molar-refractivity contribution in [3.63, 3.8) is 0 Å². The SMILES string of the molecule is CCCCc1ccc(NCc2ccc(CO)cc2)cc1. The Labute approximate surface area is 121 Å². The monoisotopic (exact) mass is 269 g/mol. The van der Waals surface area contributed by atoms with E-state index in [1.807, 2.05) is 24.3 Å². The van der Waals surface area contributed by atoms with Gasteiger partial charge < -0.3 is 10.4 Å². The molecular weight excluding hydrogens is 246 g/mol. The smallest absolute Gasteiger partial charge is 0.0681 e. The Morgan fingerprint density at radius 1 is 0.850 bits per heavy atom. The molecule has 0 atom stereocenters. The third-order valence-electron chi connectivity index (χ3n) is 3.48. The summed E-state index contributed by atoms with van der Waals surface area (Å²) in [7, 11) is 0. The standard InChI is InChI=1S/C18H23NO/c1-2-3-4-15-9-11-18(12-10-15)19-13-16-5-7-17(14-20)8-6-16/h5-12,19-20H,2-4,13-14H2,1H3. The molecule has 20 heavy (non-hydrogen) atoms. The van der Waals surface area contributed by atoms with Crippen LogP contribution in [0.5, 0.6) is 0 Å². The molecule has 0 saturated carbocycles. The zero-order valence-corrected chi connectivity index (χ0v) is 12.1. The topological polar surface area (TPSA) is 32.3 Å². The van der Waals surface area contributed by atoms with E-state index in [9.17, 15) is 0 Å². The van der Waals surface area contributed by atoms with Gasteiger partial charge in [-0.15, -0.1) is 0 Å². The van der Waals surface area contributed by atoms with Gasteiger partial charge in [-0.1, -0.05) is 49.7 Å². The van der Waals surface area contributed by atoms with Crippen molar-refractivity contribution in [1.29, 1.82) is 0 Å². The van der Waals surface area contributed by atoms with Crippen LogP contribution in [0.25, 0.3) is 0 Å². The molecule has 2 nitrogen and oxygen atoms in total. The molecule has 0 aliphatic rings. The van der Waals surface area contributed by atoms with Crippen molar-refractivity contribution in [1.82, 2.24) is 0 Å². The van der Waals surface area contributed by atoms with Crippen LogP contribution in [0.15, 0.2) is 48.5 Å². The summed E-state index contributed by atoms with van der Waals surface area (Å²) in [6, 6.07) is 16.7. The Bertz CT molecular complexity index is 502. The van der Waals surface area contributed by atoms with Crippen molar-refractivity contribution in [3.8, 4) is 0 Å². The molecule has 2 rings (SSSR count). The van der Waals surface area contributed by atoms with Crippen LogP contribution in [0.1, 0.15) is 36.5 Å². The summed E-state index contributed by atoms with van der Waals surface area (Å²) in [6.07, 6.45) is 3.66. The van der Waals surface area contributed by atoms with Crippen molar-refractivity contribution >= 4 is 5.69 Å². The number of aliphatic hydroxyl groups excluding tert-OH is 1. The van der Waals surface area contributed by atoms with Gasteiger partial charge in [-0.2, -0.15) is 0 Å². The highest BCUT2D eigenvalue weighted by atomic mass is 16.3. The molecule has 2 aromatic rings. The molecular formula is C18H23NO. The number of hydrogen-bond donors (Lipinski definition) is 2. The molecule has 0 radical (unpaired) electrons. The maximum atomic E-state index is 9.01. The first kappa shape index (κ1) is 14.6. The molecule has 0 aromatic heterocycles. The van der Waals surface area contributed by atoms with Crippen LogP contribution in [-0.4, -0.2) is 5.11 Å². The highest BCUT2D eigenvalue weighted by molar-refractivity contribution is 5.45. The summed E-state index contributed by atoms with van der Waals surface area (Å²) in [6.45, 7) is 3.13. The molecule has 2 heteroatoms. The number of aryl methyl sites for hydroxylation is 1. The van der Waals surface area contributed by atoms with Crippen LogP contribution in [0.2, 0.25) is 0 Å². The molecule has 0 fully saturated rings. The predicted molar refractivity (Wildman–Crippen MR) is 84.7 cm³/mol. The Morgan fingerprint density at radius 3 is 2.05 bits per heavy atom. The van der Waals surface area contributed by atoms with Gasteiger partial charge in [0.05, 0.1) is 6.61 Å². The maximum absolute atomic E-state index is 9.01. The first-order chi connectivity index (χ1) is 9.81. The largest absolute Gasteiger partial charge is 0.392 e. The van der Waals surface area contributed by atoms with E-state index in [1.165, 1.54) is 30.4 Å². The van der Waals surface area contributed by atoms with Crippen LogP contribution in [0, 0.1) is 0 Å². The van der Waals surface area contributed by atoms with Crippen LogP contribution >= 0.6 is 0 Å². The fourth-order valence-electron chi connectivity index (χ4n) is 2.14. The molecule has 0 aliphatic carbocycles. The second kappa shape index (κ2) is 7.71. The first-order valence-electron chi connectivity index (χ1n) is 7.33. The van der Waals surface area contributed by atoms with Crippen LogP contribution < -0.4 is 5.32 Å². The molecule has 0 amide bonds. The molecule has 0 aliphatic heterocycles. The molecule has 0 saturated heterocycles. The summed E-state index contributed by atoms with van der Waals surface area (Å²) in [5.74, 6) is 0. The second-order valence-corrected chi connectivity index (χ2v) is 5.13. The van der Waals surface area contributed by atoms with Gasteiger partial charge >= 0.3 is 0 Å². The Balaban J connectivity index is 1.86. The minimum absolute atomic E-state index is 0.104. The van der Waals surface area contributed by atoms with Crippen molar-refractivity contribution in [2.75, 3.05) is 5.32 Å². The van der Waals surface area contributed by atoms with E-state index in [-0.39, 0.29) is 6.61 Å². The number of hydrogen-bond acceptors (Lipinski definition) is 2. The van der Waals surface area contributed by atoms with Gasteiger partial charge in [-0.3, -0.25) is 0 Å². The molecule has 0 heterocycles. The number of benzene rings is 2. The molecule has 2 N–H and O–H groups in total. The Morgan fingerprint density at radius 2 is 1.45 bits per heavy atom. The zero-order chi connectivity index (χ0) is 14.2. The normalized spacial score (nSPS) is 10.5. The van der Waals surface area contributed by atoms with Crippen LogP contribution in [-0.2, 0) is 19.6 Å². The number of unbranched alkanes of at least 4 members (excludes halogenated alkanes) is 1. The first-order valence-corrected chi connectivity index (χ1v) is 7.33. The maximum Gasteiger partial charge on any atom is 0.0681 e. The van der Waals surface area contributed by atoms with Gasteiger partial charge in [0.15, 0.2) is 0 Å². The Hall–Kier alpha value is -1.80. The van der Waals surface area contributed by atoms with E-state index in [0.717, 1.165) is 17.8 Å². The average Bonchev–Trinajstić information content (AvgIpc) is 2.52. The molecule has 2 aromatic carbocycles. The van der Waals surface area contributed by atoms with E-state index >= 15 is 0 Å². The summed E-state index contributed by atoms with van der Waals surface area (Å²) in [5.41, 5.74) is 4.73. The fourth-order valence-corrected chi connectivity index (χ4v) is 2.14. The lowest BCUT2D eigenvalue weighted by molar-refractivity contribution is 0.282. The van der Waals surface area contributed by atoms with Crippen molar-refractivity contribution < 1.29 is 5.11 Å². The lowest BCUT2D eigenvalue weighted by Gasteiger charge is -2.08. The van der Waals surface area contributed by atoms with E-state index in [0.29, 0.717) is 0 Å². The Kier molecular flexibility index (Phi) is 5.63. The van der Waals surface area contributed by atoms with E-state index < -0.39 is 0 Å². The summed E-state index contributed by atoms with van der Waals surface area (Å²) in [4.78, 5) is 0. The quantitative estimate of drug-likeness (QED) is 0.792. The third kappa shape index (κ3) is 4.39. The highest BCUT2D eigenvalue weighted by Gasteiger charge is 1.97. The predicted octanol–water partition coefficient (Wildman–Crippen LogP) is 4.13. The van der Waals surface area contributed by atoms with Gasteiger partial charge in [-0.05, 0) is 41.7 Å². The van der Waals surface area contributed by atoms with Crippen LogP contribution in [0.3, 0.4) is 0 Å². The van der Waals surface area contributed by atoms with Gasteiger partial charge in [0, 0.05) is 12.2 Å². The molecule has 106 valence electrons. The second-order valence-electron chi connectivity index (χ2n) is 5.13. The summed E-state index contributed by atoms with van der Waals surface area (Å²) < 4.78 is 0. The number of rotatable bonds is 7. The summed E-state index contributed by atoms with van der Waals surface area (Å²) in [5, 5.41) is 12.4. The van der Waals surface area contributed by atoms with Gasteiger partial charge in [0.1, 0.15) is 0 Å². The summed E-state index contributed by atoms with van der Waals surface area (Å²) >= 11 is 0. The number of anilines is 1. The molecule has 0 bridgehead atoms. The molecule has 0 unspecified atom stereocenters. The fraction of sp³-hybridized carbons (Fsp3) is 0.333. The van der Waals surface area contributed by atoms with Gasteiger partial charge in [0.25, 0.3) is 0 Å². The van der Waals surface area contributed by atoms with Crippen molar-refractivity contribution in [2.24, 2.45) is 0 Å².